The molecule has 110 valence electrons. The Morgan fingerprint density at radius 3 is 2.95 bits per heavy atom. The van der Waals surface area contributed by atoms with Crippen LogP contribution in [-0.4, -0.2) is 17.1 Å². The summed E-state index contributed by atoms with van der Waals surface area (Å²) < 4.78 is 14.7. The van der Waals surface area contributed by atoms with E-state index < -0.39 is 11.8 Å². The minimum atomic E-state index is -1.04. The predicted octanol–water partition coefficient (Wildman–Crippen LogP) is 3.63. The van der Waals surface area contributed by atoms with Gasteiger partial charge in [-0.05, 0) is 18.6 Å². The monoisotopic (exact) mass is 305 g/mol. The van der Waals surface area contributed by atoms with E-state index in [4.69, 9.17) is 6.42 Å². The van der Waals surface area contributed by atoms with E-state index in [0.717, 1.165) is 24.2 Å². The van der Waals surface area contributed by atoms with Crippen molar-refractivity contribution in [2.75, 3.05) is 0 Å². The largest absolute Gasteiger partial charge is 0.477 e. The minimum absolute atomic E-state index is 0.140. The molecule has 1 aromatic carbocycles. The zero-order valence-electron chi connectivity index (χ0n) is 11.6. The quantitative estimate of drug-likeness (QED) is 0.801. The Morgan fingerprint density at radius 2 is 2.33 bits per heavy atom. The number of fused-ring (bicyclic) bond motifs is 1. The predicted molar refractivity (Wildman–Crippen MR) is 83.1 cm³/mol. The lowest BCUT2D eigenvalue weighted by atomic mass is 10.1. The van der Waals surface area contributed by atoms with Crippen molar-refractivity contribution in [2.24, 2.45) is 0 Å². The highest BCUT2D eigenvalue weighted by molar-refractivity contribution is 7.21. The highest BCUT2D eigenvalue weighted by atomic mass is 32.1. The van der Waals surface area contributed by atoms with Gasteiger partial charge in [-0.2, -0.15) is 0 Å². The van der Waals surface area contributed by atoms with Crippen LogP contribution in [0.3, 0.4) is 0 Å². The molecular weight excluding hydrogens is 289 g/mol. The third-order valence-corrected chi connectivity index (χ3v) is 4.45. The van der Waals surface area contributed by atoms with Crippen LogP contribution in [0.25, 0.3) is 10.1 Å². The molecule has 0 saturated carbocycles. The van der Waals surface area contributed by atoms with Crippen LogP contribution in [0.5, 0.6) is 0 Å². The Morgan fingerprint density at radius 1 is 1.57 bits per heavy atom. The summed E-state index contributed by atoms with van der Waals surface area (Å²) in [6, 6.07) is 4.51. The molecule has 1 unspecified atom stereocenters. The van der Waals surface area contributed by atoms with Gasteiger partial charge in [0.2, 0.25) is 0 Å². The molecule has 2 rings (SSSR count). The van der Waals surface area contributed by atoms with Gasteiger partial charge in [0.25, 0.3) is 0 Å². The third kappa shape index (κ3) is 3.23. The molecule has 1 heterocycles. The van der Waals surface area contributed by atoms with Crippen molar-refractivity contribution >= 4 is 27.4 Å². The van der Waals surface area contributed by atoms with E-state index in [1.807, 2.05) is 6.92 Å². The lowest BCUT2D eigenvalue weighted by Crippen LogP contribution is -2.27. The van der Waals surface area contributed by atoms with E-state index in [2.05, 4.69) is 11.2 Å². The summed E-state index contributed by atoms with van der Waals surface area (Å²) in [5.74, 6) is 1.18. The molecule has 0 radical (unpaired) electrons. The first-order chi connectivity index (χ1) is 10.1. The zero-order valence-corrected chi connectivity index (χ0v) is 12.5. The molecule has 2 N–H and O–H groups in total. The Hall–Kier alpha value is -1.90. The molecule has 0 aliphatic carbocycles. The van der Waals surface area contributed by atoms with Crippen molar-refractivity contribution in [1.29, 1.82) is 0 Å². The van der Waals surface area contributed by atoms with E-state index in [9.17, 15) is 14.3 Å². The molecule has 1 atom stereocenters. The van der Waals surface area contributed by atoms with Crippen LogP contribution in [-0.2, 0) is 6.54 Å². The number of terminal acetylenes is 1. The van der Waals surface area contributed by atoms with Crippen molar-refractivity contribution < 1.29 is 14.3 Å². The van der Waals surface area contributed by atoms with Crippen LogP contribution >= 0.6 is 11.3 Å². The smallest absolute Gasteiger partial charge is 0.346 e. The second-order valence-electron chi connectivity index (χ2n) is 4.72. The lowest BCUT2D eigenvalue weighted by molar-refractivity contribution is 0.0701. The Kier molecular flexibility index (Phi) is 4.94. The first kappa shape index (κ1) is 15.5. The summed E-state index contributed by atoms with van der Waals surface area (Å²) in [6.45, 7) is 2.27. The number of carbonyl (C=O) groups is 1. The van der Waals surface area contributed by atoms with Gasteiger partial charge >= 0.3 is 5.97 Å². The lowest BCUT2D eigenvalue weighted by Gasteiger charge is -2.12. The highest BCUT2D eigenvalue weighted by Crippen LogP contribution is 2.33. The summed E-state index contributed by atoms with van der Waals surface area (Å²) >= 11 is 1.09. The van der Waals surface area contributed by atoms with Gasteiger partial charge in [-0.25, -0.2) is 9.18 Å². The normalized spacial score (nSPS) is 12.2. The summed E-state index contributed by atoms with van der Waals surface area (Å²) in [7, 11) is 0. The molecule has 0 aliphatic heterocycles. The maximum Gasteiger partial charge on any atom is 0.346 e. The number of nitrogens with one attached hydrogen (secondary N) is 1. The molecule has 0 amide bonds. The van der Waals surface area contributed by atoms with E-state index in [1.165, 1.54) is 6.07 Å². The number of carboxylic acids is 1. The Bertz CT molecular complexity index is 702. The molecular formula is C16H16FNO2S. The number of carboxylic acid groups (broad SMARTS) is 1. The van der Waals surface area contributed by atoms with Gasteiger partial charge < -0.3 is 5.11 Å². The maximum atomic E-state index is 14.0. The molecule has 21 heavy (non-hydrogen) atoms. The number of hydrogen-bond acceptors (Lipinski definition) is 3. The fourth-order valence-electron chi connectivity index (χ4n) is 2.27. The average Bonchev–Trinajstić information content (AvgIpc) is 2.84. The van der Waals surface area contributed by atoms with E-state index >= 15 is 0 Å². The van der Waals surface area contributed by atoms with Gasteiger partial charge in [0.15, 0.2) is 0 Å². The summed E-state index contributed by atoms with van der Waals surface area (Å²) in [5, 5.41) is 12.8. The summed E-state index contributed by atoms with van der Waals surface area (Å²) in [5.41, 5.74) is 0.469. The van der Waals surface area contributed by atoms with Crippen molar-refractivity contribution in [1.82, 2.24) is 5.32 Å². The van der Waals surface area contributed by atoms with Gasteiger partial charge in [0.1, 0.15) is 10.7 Å². The molecule has 3 nitrogen and oxygen atoms in total. The van der Waals surface area contributed by atoms with Crippen LogP contribution in [0.4, 0.5) is 4.39 Å². The topological polar surface area (TPSA) is 49.3 Å². The van der Waals surface area contributed by atoms with Crippen molar-refractivity contribution in [3.8, 4) is 12.3 Å². The highest BCUT2D eigenvalue weighted by Gasteiger charge is 2.20. The third-order valence-electron chi connectivity index (χ3n) is 3.26. The zero-order chi connectivity index (χ0) is 15.4. The van der Waals surface area contributed by atoms with Gasteiger partial charge in [0.05, 0.1) is 6.04 Å². The first-order valence-electron chi connectivity index (χ1n) is 6.71. The van der Waals surface area contributed by atoms with Crippen LogP contribution in [0.2, 0.25) is 0 Å². The minimum Gasteiger partial charge on any atom is -0.477 e. The van der Waals surface area contributed by atoms with Crippen molar-refractivity contribution in [2.45, 2.75) is 32.4 Å². The van der Waals surface area contributed by atoms with Gasteiger partial charge in [-0.3, -0.25) is 5.32 Å². The Balaban J connectivity index is 2.39. The van der Waals surface area contributed by atoms with Gasteiger partial charge in [0, 0.05) is 22.2 Å². The van der Waals surface area contributed by atoms with Crippen LogP contribution in [0.1, 0.15) is 35.0 Å². The fraction of sp³-hybridized carbons (Fsp3) is 0.312. The van der Waals surface area contributed by atoms with Gasteiger partial charge in [-0.15, -0.1) is 17.8 Å². The molecule has 5 heteroatoms. The number of halogens is 1. The first-order valence-corrected chi connectivity index (χ1v) is 7.52. The van der Waals surface area contributed by atoms with E-state index in [-0.39, 0.29) is 17.5 Å². The van der Waals surface area contributed by atoms with E-state index in [0.29, 0.717) is 15.6 Å². The van der Waals surface area contributed by atoms with Gasteiger partial charge in [-0.1, -0.05) is 25.3 Å². The molecule has 0 fully saturated rings. The van der Waals surface area contributed by atoms with Crippen LogP contribution in [0.15, 0.2) is 18.2 Å². The Labute approximate surface area is 126 Å². The molecule has 1 aromatic heterocycles. The summed E-state index contributed by atoms with van der Waals surface area (Å²) in [6.07, 6.45) is 7.16. The standard InChI is InChI=1S/C16H16FNO2S/c1-3-6-10(4-2)18-9-11-14-12(17)7-5-8-13(14)21-15(11)16(19)20/h2,5,7-8,10,18H,3,6,9H2,1H3,(H,19,20). The number of thiophene rings is 1. The fourth-order valence-corrected chi connectivity index (χ4v) is 3.34. The average molecular weight is 305 g/mol. The van der Waals surface area contributed by atoms with Crippen LogP contribution < -0.4 is 5.32 Å². The maximum absolute atomic E-state index is 14.0. The molecule has 0 bridgehead atoms. The van der Waals surface area contributed by atoms with Crippen molar-refractivity contribution in [3.05, 3.63) is 34.5 Å². The van der Waals surface area contributed by atoms with Crippen molar-refractivity contribution in [3.63, 3.8) is 0 Å². The number of hydrogen-bond donors (Lipinski definition) is 2. The number of rotatable bonds is 6. The van der Waals surface area contributed by atoms with Crippen LogP contribution in [0, 0.1) is 18.2 Å². The number of aromatic carboxylic acids is 1. The summed E-state index contributed by atoms with van der Waals surface area (Å²) in [4.78, 5) is 11.5. The second kappa shape index (κ2) is 6.70. The molecule has 2 aromatic rings. The number of benzene rings is 1. The second-order valence-corrected chi connectivity index (χ2v) is 5.77. The van der Waals surface area contributed by atoms with E-state index in [1.54, 1.807) is 12.1 Å². The molecule has 0 spiro atoms. The SMILES string of the molecule is C#CC(CCC)NCc1c(C(=O)O)sc2cccc(F)c12. The molecule has 0 saturated heterocycles. The molecule has 0 aliphatic rings.